The molecule has 0 radical (unpaired) electrons. The standard InChI is InChI=1S/C11H14ClN3O2/c12-7-11(1-3-17-4-2-11)15-10(16)9-5-13-8-14-6-9/h5-6,8H,1-4,7H2,(H,15,16). The Hall–Kier alpha value is -1.20. The molecule has 0 atom stereocenters. The number of alkyl halides is 1. The molecule has 0 aromatic carbocycles. The normalized spacial score (nSPS) is 18.6. The first kappa shape index (κ1) is 12.3. The third-order valence-corrected chi connectivity index (χ3v) is 3.42. The summed E-state index contributed by atoms with van der Waals surface area (Å²) in [5, 5.41) is 2.97. The molecule has 6 heteroatoms. The highest BCUT2D eigenvalue weighted by molar-refractivity contribution is 6.19. The minimum absolute atomic E-state index is 0.187. The van der Waals surface area contributed by atoms with E-state index in [2.05, 4.69) is 15.3 Å². The van der Waals surface area contributed by atoms with Crippen LogP contribution in [0.15, 0.2) is 18.7 Å². The zero-order valence-corrected chi connectivity index (χ0v) is 10.1. The summed E-state index contributed by atoms with van der Waals surface area (Å²) in [7, 11) is 0. The SMILES string of the molecule is O=C(NC1(CCl)CCOCC1)c1cncnc1. The van der Waals surface area contributed by atoms with Crippen LogP contribution in [0.5, 0.6) is 0 Å². The number of halogens is 1. The van der Waals surface area contributed by atoms with Crippen molar-refractivity contribution in [2.24, 2.45) is 0 Å². The highest BCUT2D eigenvalue weighted by atomic mass is 35.5. The van der Waals surface area contributed by atoms with Crippen molar-refractivity contribution in [3.8, 4) is 0 Å². The average Bonchev–Trinajstić information content (AvgIpc) is 2.41. The number of hydrogen-bond donors (Lipinski definition) is 1. The number of amides is 1. The van der Waals surface area contributed by atoms with E-state index < -0.39 is 0 Å². The van der Waals surface area contributed by atoms with Crippen LogP contribution in [0.4, 0.5) is 0 Å². The number of carbonyl (C=O) groups excluding carboxylic acids is 1. The summed E-state index contributed by atoms with van der Waals surface area (Å²) in [6, 6.07) is 0. The van der Waals surface area contributed by atoms with Crippen molar-refractivity contribution < 1.29 is 9.53 Å². The molecule has 1 saturated heterocycles. The second kappa shape index (κ2) is 5.42. The molecule has 1 N–H and O–H groups in total. The van der Waals surface area contributed by atoms with E-state index in [9.17, 15) is 4.79 Å². The topological polar surface area (TPSA) is 64.1 Å². The average molecular weight is 256 g/mol. The van der Waals surface area contributed by atoms with Crippen LogP contribution in [-0.2, 0) is 4.74 Å². The zero-order chi connectivity index (χ0) is 12.1. The largest absolute Gasteiger partial charge is 0.381 e. The monoisotopic (exact) mass is 255 g/mol. The van der Waals surface area contributed by atoms with Crippen molar-refractivity contribution in [2.45, 2.75) is 18.4 Å². The first-order valence-electron chi connectivity index (χ1n) is 5.47. The number of nitrogens with one attached hydrogen (secondary N) is 1. The summed E-state index contributed by atoms with van der Waals surface area (Å²) < 4.78 is 5.28. The van der Waals surface area contributed by atoms with Crippen LogP contribution in [0.3, 0.4) is 0 Å². The maximum atomic E-state index is 12.0. The van der Waals surface area contributed by atoms with Gasteiger partial charge in [0, 0.05) is 31.5 Å². The fraction of sp³-hybridized carbons (Fsp3) is 0.545. The second-order valence-electron chi connectivity index (χ2n) is 4.11. The predicted octanol–water partition coefficient (Wildman–Crippen LogP) is 0.994. The van der Waals surface area contributed by atoms with Crippen LogP contribution in [0, 0.1) is 0 Å². The number of nitrogens with zero attached hydrogens (tertiary/aromatic N) is 2. The lowest BCUT2D eigenvalue weighted by Gasteiger charge is -2.36. The molecule has 1 aliphatic heterocycles. The van der Waals surface area contributed by atoms with Crippen molar-refractivity contribution in [1.29, 1.82) is 0 Å². The fourth-order valence-electron chi connectivity index (χ4n) is 1.78. The van der Waals surface area contributed by atoms with Crippen LogP contribution in [-0.4, -0.2) is 40.5 Å². The van der Waals surface area contributed by atoms with Crippen LogP contribution >= 0.6 is 11.6 Å². The van der Waals surface area contributed by atoms with Gasteiger partial charge in [0.15, 0.2) is 0 Å². The molecule has 92 valence electrons. The van der Waals surface area contributed by atoms with Gasteiger partial charge in [-0.25, -0.2) is 9.97 Å². The molecule has 0 unspecified atom stereocenters. The number of carbonyl (C=O) groups is 1. The van der Waals surface area contributed by atoms with E-state index in [1.165, 1.54) is 18.7 Å². The van der Waals surface area contributed by atoms with E-state index in [0.717, 1.165) is 12.8 Å². The lowest BCUT2D eigenvalue weighted by atomic mass is 9.92. The summed E-state index contributed by atoms with van der Waals surface area (Å²) in [5.41, 5.74) is 0.0793. The van der Waals surface area contributed by atoms with Gasteiger partial charge < -0.3 is 10.1 Å². The Bertz CT molecular complexity index is 380. The van der Waals surface area contributed by atoms with E-state index in [0.29, 0.717) is 24.7 Å². The zero-order valence-electron chi connectivity index (χ0n) is 9.36. The molecule has 0 spiro atoms. The smallest absolute Gasteiger partial charge is 0.254 e. The van der Waals surface area contributed by atoms with Crippen molar-refractivity contribution >= 4 is 17.5 Å². The molecular formula is C11H14ClN3O2. The molecule has 1 fully saturated rings. The quantitative estimate of drug-likeness (QED) is 0.819. The summed E-state index contributed by atoms with van der Waals surface area (Å²) >= 11 is 5.97. The van der Waals surface area contributed by atoms with Gasteiger partial charge in [-0.1, -0.05) is 0 Å². The van der Waals surface area contributed by atoms with Crippen molar-refractivity contribution in [3.05, 3.63) is 24.3 Å². The van der Waals surface area contributed by atoms with E-state index in [1.54, 1.807) is 0 Å². The Morgan fingerprint density at radius 1 is 1.41 bits per heavy atom. The molecule has 1 aromatic rings. The van der Waals surface area contributed by atoms with Gasteiger partial charge in [0.1, 0.15) is 6.33 Å². The maximum absolute atomic E-state index is 12.0. The van der Waals surface area contributed by atoms with Gasteiger partial charge in [-0.2, -0.15) is 0 Å². The lowest BCUT2D eigenvalue weighted by molar-refractivity contribution is 0.0433. The van der Waals surface area contributed by atoms with Crippen LogP contribution in [0.2, 0.25) is 0 Å². The summed E-state index contributed by atoms with van der Waals surface area (Å²) in [6.45, 7) is 1.25. The highest BCUT2D eigenvalue weighted by Gasteiger charge is 2.33. The second-order valence-corrected chi connectivity index (χ2v) is 4.37. The molecule has 1 aliphatic rings. The maximum Gasteiger partial charge on any atom is 0.254 e. The Morgan fingerprint density at radius 3 is 2.65 bits per heavy atom. The summed E-state index contributed by atoms with van der Waals surface area (Å²) in [5.74, 6) is 0.198. The Morgan fingerprint density at radius 2 is 2.06 bits per heavy atom. The van der Waals surface area contributed by atoms with Crippen molar-refractivity contribution in [3.63, 3.8) is 0 Å². The van der Waals surface area contributed by atoms with Gasteiger partial charge in [0.05, 0.1) is 11.1 Å². The third kappa shape index (κ3) is 2.92. The first-order valence-corrected chi connectivity index (χ1v) is 6.00. The van der Waals surface area contributed by atoms with Gasteiger partial charge in [-0.3, -0.25) is 4.79 Å². The third-order valence-electron chi connectivity index (χ3n) is 2.91. The van der Waals surface area contributed by atoms with Crippen molar-refractivity contribution in [1.82, 2.24) is 15.3 Å². The molecular weight excluding hydrogens is 242 g/mol. The first-order chi connectivity index (χ1) is 8.26. The van der Waals surface area contributed by atoms with Crippen LogP contribution in [0.25, 0.3) is 0 Å². The number of hydrogen-bond acceptors (Lipinski definition) is 4. The fourth-order valence-corrected chi connectivity index (χ4v) is 2.12. The minimum atomic E-state index is -0.368. The van der Waals surface area contributed by atoms with E-state index in [1.807, 2.05) is 0 Å². The molecule has 1 aromatic heterocycles. The van der Waals surface area contributed by atoms with E-state index in [-0.39, 0.29) is 11.4 Å². The van der Waals surface area contributed by atoms with E-state index >= 15 is 0 Å². The summed E-state index contributed by atoms with van der Waals surface area (Å²) in [4.78, 5) is 19.6. The van der Waals surface area contributed by atoms with Crippen LogP contribution < -0.4 is 5.32 Å². The molecule has 0 bridgehead atoms. The van der Waals surface area contributed by atoms with Gasteiger partial charge in [0.25, 0.3) is 5.91 Å². The van der Waals surface area contributed by atoms with Gasteiger partial charge in [-0.15, -0.1) is 11.6 Å². The van der Waals surface area contributed by atoms with Crippen molar-refractivity contribution in [2.75, 3.05) is 19.1 Å². The molecule has 2 heterocycles. The number of rotatable bonds is 3. The van der Waals surface area contributed by atoms with E-state index in [4.69, 9.17) is 16.3 Å². The molecule has 0 aliphatic carbocycles. The number of ether oxygens (including phenoxy) is 1. The number of aromatic nitrogens is 2. The van der Waals surface area contributed by atoms with Gasteiger partial charge >= 0.3 is 0 Å². The molecule has 2 rings (SSSR count). The minimum Gasteiger partial charge on any atom is -0.381 e. The molecule has 5 nitrogen and oxygen atoms in total. The lowest BCUT2D eigenvalue weighted by Crippen LogP contribution is -2.53. The molecule has 1 amide bonds. The molecule has 0 saturated carbocycles. The Balaban J connectivity index is 2.06. The predicted molar refractivity (Wildman–Crippen MR) is 63.0 cm³/mol. The van der Waals surface area contributed by atoms with Crippen LogP contribution in [0.1, 0.15) is 23.2 Å². The molecule has 17 heavy (non-hydrogen) atoms. The van der Waals surface area contributed by atoms with Gasteiger partial charge in [0.2, 0.25) is 0 Å². The Labute approximate surface area is 105 Å². The Kier molecular flexibility index (Phi) is 3.91. The summed E-state index contributed by atoms with van der Waals surface area (Å²) in [6.07, 6.45) is 5.83. The van der Waals surface area contributed by atoms with Gasteiger partial charge in [-0.05, 0) is 12.8 Å². The highest BCUT2D eigenvalue weighted by Crippen LogP contribution is 2.22.